The number of hydrogen-bond donors (Lipinski definition) is 1. The van der Waals surface area contributed by atoms with Gasteiger partial charge in [0.1, 0.15) is 0 Å². The van der Waals surface area contributed by atoms with Crippen molar-refractivity contribution < 1.29 is 22.8 Å². The molecule has 0 fully saturated rings. The van der Waals surface area contributed by atoms with E-state index in [1.807, 2.05) is 0 Å². The zero-order valence-electron chi connectivity index (χ0n) is 12.2. The second-order valence-corrected chi connectivity index (χ2v) is 6.13. The monoisotopic (exact) mass is 318 g/mol. The average molecular weight is 318 g/mol. The third-order valence-electron chi connectivity index (χ3n) is 3.07. The predicted molar refractivity (Wildman–Crippen MR) is 75.6 cm³/mol. The van der Waals surface area contributed by atoms with Crippen LogP contribution in [0.25, 0.3) is 0 Å². The number of sulfonamides is 1. The summed E-state index contributed by atoms with van der Waals surface area (Å²) in [5.41, 5.74) is 0.715. The summed E-state index contributed by atoms with van der Waals surface area (Å²) in [6, 6.07) is 2.38. The smallest absolute Gasteiger partial charge is 0.271 e. The summed E-state index contributed by atoms with van der Waals surface area (Å²) in [5, 5.41) is 10.9. The molecule has 0 amide bonds. The third-order valence-corrected chi connectivity index (χ3v) is 4.62. The summed E-state index contributed by atoms with van der Waals surface area (Å²) in [5.74, 6) is 0. The van der Waals surface area contributed by atoms with Crippen LogP contribution >= 0.6 is 0 Å². The Bertz CT molecular complexity index is 625. The summed E-state index contributed by atoms with van der Waals surface area (Å²) in [7, 11) is -1.14. The zero-order chi connectivity index (χ0) is 16.2. The number of nitro groups is 1. The molecular weight excluding hydrogens is 300 g/mol. The summed E-state index contributed by atoms with van der Waals surface area (Å²) in [6.45, 7) is 3.11. The Morgan fingerprint density at radius 3 is 2.33 bits per heavy atom. The maximum atomic E-state index is 12.3. The van der Waals surface area contributed by atoms with Gasteiger partial charge in [0.2, 0.25) is 10.0 Å². The van der Waals surface area contributed by atoms with Crippen molar-refractivity contribution in [2.24, 2.45) is 0 Å². The number of nitrogens with one attached hydrogen (secondary N) is 1. The number of rotatable bonds is 7. The maximum absolute atomic E-state index is 12.3. The molecule has 1 aromatic rings. The SMILES string of the molecule is COC(CNS(=O)(=O)c1cc([N+](=O)[O-])cc(C)c1C)OC. The van der Waals surface area contributed by atoms with Crippen LogP contribution in [0, 0.1) is 24.0 Å². The van der Waals surface area contributed by atoms with Crippen molar-refractivity contribution in [3.05, 3.63) is 33.4 Å². The first-order valence-electron chi connectivity index (χ1n) is 6.03. The molecule has 9 heteroatoms. The molecule has 1 rings (SSSR count). The Morgan fingerprint density at radius 2 is 1.86 bits per heavy atom. The van der Waals surface area contributed by atoms with Crippen molar-refractivity contribution in [1.29, 1.82) is 0 Å². The topological polar surface area (TPSA) is 108 Å². The van der Waals surface area contributed by atoms with E-state index in [1.165, 1.54) is 20.3 Å². The van der Waals surface area contributed by atoms with Crippen molar-refractivity contribution in [2.45, 2.75) is 25.0 Å². The molecule has 0 spiro atoms. The standard InChI is InChI=1S/C12H18N2O6S/c1-8-5-10(14(15)16)6-11(9(8)2)21(17,18)13-7-12(19-3)20-4/h5-6,12-13H,7H2,1-4H3. The van der Waals surface area contributed by atoms with Gasteiger partial charge in [-0.05, 0) is 25.0 Å². The van der Waals surface area contributed by atoms with E-state index < -0.39 is 21.2 Å². The molecule has 21 heavy (non-hydrogen) atoms. The van der Waals surface area contributed by atoms with Gasteiger partial charge in [0, 0.05) is 26.4 Å². The number of nitrogens with zero attached hydrogens (tertiary/aromatic N) is 1. The van der Waals surface area contributed by atoms with Crippen molar-refractivity contribution in [1.82, 2.24) is 4.72 Å². The molecule has 8 nitrogen and oxygen atoms in total. The van der Waals surface area contributed by atoms with Gasteiger partial charge in [0.15, 0.2) is 6.29 Å². The van der Waals surface area contributed by atoms with Crippen molar-refractivity contribution in [3.8, 4) is 0 Å². The minimum atomic E-state index is -3.90. The molecule has 0 atom stereocenters. The van der Waals surface area contributed by atoms with E-state index in [9.17, 15) is 18.5 Å². The summed E-state index contributed by atoms with van der Waals surface area (Å²) in [4.78, 5) is 10.1. The Labute approximate surface area is 123 Å². The molecule has 0 unspecified atom stereocenters. The number of methoxy groups -OCH3 is 2. The molecule has 1 N–H and O–H groups in total. The molecule has 0 heterocycles. The van der Waals surface area contributed by atoms with Crippen LogP contribution in [0.15, 0.2) is 17.0 Å². The molecule has 0 aliphatic carbocycles. The summed E-state index contributed by atoms with van der Waals surface area (Å²) in [6.07, 6.45) is -0.736. The molecular formula is C12H18N2O6S. The second-order valence-electron chi connectivity index (χ2n) is 4.40. The fourth-order valence-corrected chi connectivity index (χ4v) is 3.06. The van der Waals surface area contributed by atoms with E-state index in [-0.39, 0.29) is 17.1 Å². The van der Waals surface area contributed by atoms with Crippen LogP contribution in [0.2, 0.25) is 0 Å². The maximum Gasteiger partial charge on any atom is 0.271 e. The molecule has 118 valence electrons. The van der Waals surface area contributed by atoms with E-state index in [4.69, 9.17) is 9.47 Å². The second kappa shape index (κ2) is 6.94. The van der Waals surface area contributed by atoms with Gasteiger partial charge in [-0.1, -0.05) is 0 Å². The van der Waals surface area contributed by atoms with Crippen LogP contribution in [-0.2, 0) is 19.5 Å². The van der Waals surface area contributed by atoms with E-state index in [2.05, 4.69) is 4.72 Å². The Hall–Kier alpha value is -1.55. The summed E-state index contributed by atoms with van der Waals surface area (Å²) >= 11 is 0. The first-order valence-corrected chi connectivity index (χ1v) is 7.52. The molecule has 0 aliphatic rings. The molecule has 0 saturated heterocycles. The molecule has 0 saturated carbocycles. The van der Waals surface area contributed by atoms with Crippen LogP contribution in [0.4, 0.5) is 5.69 Å². The number of nitro benzene ring substituents is 1. The molecule has 0 aliphatic heterocycles. The van der Waals surface area contributed by atoms with E-state index >= 15 is 0 Å². The highest BCUT2D eigenvalue weighted by Crippen LogP contribution is 2.25. The van der Waals surface area contributed by atoms with Crippen LogP contribution in [0.1, 0.15) is 11.1 Å². The number of non-ortho nitro benzene ring substituents is 1. The molecule has 0 aromatic heterocycles. The Balaban J connectivity index is 3.16. The highest BCUT2D eigenvalue weighted by Gasteiger charge is 2.23. The first-order chi connectivity index (χ1) is 9.72. The number of aryl methyl sites for hydroxylation is 1. The first kappa shape index (κ1) is 17.5. The van der Waals surface area contributed by atoms with E-state index in [1.54, 1.807) is 13.8 Å². The fourth-order valence-electron chi connectivity index (χ4n) is 1.71. The van der Waals surface area contributed by atoms with Gasteiger partial charge < -0.3 is 9.47 Å². The van der Waals surface area contributed by atoms with Crippen LogP contribution in [0.5, 0.6) is 0 Å². The van der Waals surface area contributed by atoms with Gasteiger partial charge in [-0.25, -0.2) is 13.1 Å². The lowest BCUT2D eigenvalue weighted by molar-refractivity contribution is -0.385. The van der Waals surface area contributed by atoms with Crippen molar-refractivity contribution in [3.63, 3.8) is 0 Å². The lowest BCUT2D eigenvalue weighted by Gasteiger charge is -2.15. The fraction of sp³-hybridized carbons (Fsp3) is 0.500. The van der Waals surface area contributed by atoms with Crippen molar-refractivity contribution in [2.75, 3.05) is 20.8 Å². The Morgan fingerprint density at radius 1 is 1.29 bits per heavy atom. The highest BCUT2D eigenvalue weighted by molar-refractivity contribution is 7.89. The predicted octanol–water partition coefficient (Wildman–Crippen LogP) is 1.11. The van der Waals surface area contributed by atoms with E-state index in [0.29, 0.717) is 11.1 Å². The van der Waals surface area contributed by atoms with Gasteiger partial charge >= 0.3 is 0 Å². The van der Waals surface area contributed by atoms with Gasteiger partial charge in [-0.15, -0.1) is 0 Å². The molecule has 0 radical (unpaired) electrons. The minimum Gasteiger partial charge on any atom is -0.355 e. The lowest BCUT2D eigenvalue weighted by Crippen LogP contribution is -2.34. The lowest BCUT2D eigenvalue weighted by atomic mass is 10.1. The van der Waals surface area contributed by atoms with Crippen LogP contribution in [0.3, 0.4) is 0 Å². The Kier molecular flexibility index (Phi) is 5.78. The number of hydrogen-bond acceptors (Lipinski definition) is 6. The van der Waals surface area contributed by atoms with Gasteiger partial charge in [-0.2, -0.15) is 0 Å². The van der Waals surface area contributed by atoms with Crippen LogP contribution < -0.4 is 4.72 Å². The van der Waals surface area contributed by atoms with Crippen molar-refractivity contribution >= 4 is 15.7 Å². The van der Waals surface area contributed by atoms with E-state index in [0.717, 1.165) is 6.07 Å². The average Bonchev–Trinajstić information content (AvgIpc) is 2.42. The van der Waals surface area contributed by atoms with Gasteiger partial charge in [0.25, 0.3) is 5.69 Å². The zero-order valence-corrected chi connectivity index (χ0v) is 13.1. The summed E-state index contributed by atoms with van der Waals surface area (Å²) < 4.78 is 36.6. The third kappa shape index (κ3) is 4.21. The van der Waals surface area contributed by atoms with Gasteiger partial charge in [0.05, 0.1) is 16.4 Å². The van der Waals surface area contributed by atoms with Crippen LogP contribution in [-0.4, -0.2) is 40.4 Å². The number of ether oxygens (including phenoxy) is 2. The van der Waals surface area contributed by atoms with Gasteiger partial charge in [-0.3, -0.25) is 10.1 Å². The quantitative estimate of drug-likeness (QED) is 0.458. The normalized spacial score (nSPS) is 11.9. The molecule has 0 bridgehead atoms. The number of benzene rings is 1. The largest absolute Gasteiger partial charge is 0.355 e. The highest BCUT2D eigenvalue weighted by atomic mass is 32.2. The minimum absolute atomic E-state index is 0.101. The molecule has 1 aromatic carbocycles.